The second kappa shape index (κ2) is 34.9. The van der Waals surface area contributed by atoms with Gasteiger partial charge in [-0.25, -0.2) is 33.9 Å². The number of nitrogens with zero attached hydrogens (tertiary/aromatic N) is 6. The van der Waals surface area contributed by atoms with E-state index in [0.717, 1.165) is 24.5 Å². The number of halogens is 6. The maximum Gasteiger partial charge on any atom is 0.435 e. The van der Waals surface area contributed by atoms with Gasteiger partial charge in [-0.05, 0) is 173 Å². The summed E-state index contributed by atoms with van der Waals surface area (Å²) in [5, 5.41) is 2.46. The van der Waals surface area contributed by atoms with Crippen LogP contribution in [0.1, 0.15) is 242 Å². The molecule has 2 aliphatic rings. The molecule has 101 heavy (non-hydrogen) atoms. The van der Waals surface area contributed by atoms with Crippen LogP contribution in [0.4, 0.5) is 50.3 Å². The molecule has 558 valence electrons. The van der Waals surface area contributed by atoms with Crippen LogP contribution in [0.25, 0.3) is 0 Å². The monoisotopic (exact) mass is 1430 g/mol. The second-order valence-electron chi connectivity index (χ2n) is 30.2. The van der Waals surface area contributed by atoms with Gasteiger partial charge in [-0.15, -0.1) is 0 Å². The Morgan fingerprint density at radius 1 is 0.465 bits per heavy atom. The topological polar surface area (TPSA) is 287 Å². The molecule has 3 aromatic rings. The standard InChI is InChI=1S/C72H97F6N7O16/c1-43(81-61(90)97-66(2,3)4)23-19-17-20-24-50(86)35-44-31-48(71(73,74)75)33-46(59(44)95-52-27-29-84(40-52)64(93)100-69(11,12)13)37-56(88)54-39-55(80-42-79-54)57(89)38-47-34-49(72(76,77)78)32-45(60(47)96-53-28-30-85(41-53)65(94)101-70(14,15)16)36-51(87)25-21-18-22-26-58(82-62(91)98-67(5,6)7)83-63(92)99-68(8,9)10/h31-34,39,42,52-53H,17-30,35-38,40-41H2,1-16H3,(H,82,83,91,92)/t52-,53-/m1/s1. The fourth-order valence-corrected chi connectivity index (χ4v) is 10.6. The van der Waals surface area contributed by atoms with Crippen LogP contribution < -0.4 is 14.8 Å². The minimum atomic E-state index is -5.05. The highest BCUT2D eigenvalue weighted by Crippen LogP contribution is 2.40. The SMILES string of the molecule is CC(CCCCCC(=O)Cc1cc(C(F)(F)F)cc(CC(=O)c2cc(C(=O)Cc3cc(C(F)(F)F)cc(CC(=O)CCCCCC(=NC(=O)OC(C)(C)C)NC(=O)OC(C)(C)C)c3O[C@@H]3CCN(C(=O)OC(C)(C)C)C3)ncn2)c1O[C@@H]1CCN(C(=O)OC(C)(C)C)C1)=NC(=O)OC(C)(C)C. The average molecular weight is 1430 g/mol. The molecule has 5 amide bonds. The maximum atomic E-state index is 15.0. The van der Waals surface area contributed by atoms with Crippen molar-refractivity contribution in [2.24, 2.45) is 9.98 Å². The highest BCUT2D eigenvalue weighted by molar-refractivity contribution is 6.02. The van der Waals surface area contributed by atoms with E-state index in [1.54, 1.807) is 111 Å². The summed E-state index contributed by atoms with van der Waals surface area (Å²) in [4.78, 5) is 139. The number of nitrogens with one attached hydrogen (secondary N) is 1. The van der Waals surface area contributed by atoms with Crippen molar-refractivity contribution in [2.75, 3.05) is 26.2 Å². The van der Waals surface area contributed by atoms with Gasteiger partial charge in [-0.2, -0.15) is 36.3 Å². The number of unbranched alkanes of at least 4 members (excludes halogenated alkanes) is 4. The molecule has 0 unspecified atom stereocenters. The lowest BCUT2D eigenvalue weighted by atomic mass is 9.94. The number of Topliss-reactive ketones (excluding diaryl/α,β-unsaturated/α-hetero) is 4. The lowest BCUT2D eigenvalue weighted by Crippen LogP contribution is -2.37. The Balaban J connectivity index is 1.46. The van der Waals surface area contributed by atoms with Crippen LogP contribution in [0.5, 0.6) is 11.5 Å². The molecule has 3 heterocycles. The molecular formula is C72H97F6N7O16. The van der Waals surface area contributed by atoms with E-state index in [-0.39, 0.29) is 111 Å². The number of carbonyl (C=O) groups excluding carboxylic acids is 9. The average Bonchev–Trinajstić information content (AvgIpc) is 1.44. The largest absolute Gasteiger partial charge is 0.488 e. The number of amides is 5. The van der Waals surface area contributed by atoms with E-state index < -0.39 is 154 Å². The first-order valence-corrected chi connectivity index (χ1v) is 33.7. The fourth-order valence-electron chi connectivity index (χ4n) is 10.6. The molecule has 0 aliphatic carbocycles. The van der Waals surface area contributed by atoms with Crippen molar-refractivity contribution in [1.82, 2.24) is 25.1 Å². The summed E-state index contributed by atoms with van der Waals surface area (Å²) >= 11 is 0. The molecule has 2 aliphatic heterocycles. The minimum Gasteiger partial charge on any atom is -0.488 e. The van der Waals surface area contributed by atoms with Gasteiger partial charge in [0.15, 0.2) is 11.6 Å². The lowest BCUT2D eigenvalue weighted by molar-refractivity contribution is -0.138. The van der Waals surface area contributed by atoms with Gasteiger partial charge in [0.25, 0.3) is 0 Å². The molecule has 5 rings (SSSR count). The number of hydrogen-bond donors (Lipinski definition) is 1. The molecule has 1 N–H and O–H groups in total. The van der Waals surface area contributed by atoms with E-state index in [4.69, 9.17) is 33.2 Å². The number of rotatable bonds is 26. The number of aromatic nitrogens is 2. The van der Waals surface area contributed by atoms with Crippen LogP contribution in [0.15, 0.2) is 46.6 Å². The van der Waals surface area contributed by atoms with Gasteiger partial charge in [-0.1, -0.05) is 12.8 Å². The molecule has 2 atom stereocenters. The Hall–Kier alpha value is -8.53. The van der Waals surface area contributed by atoms with Crippen LogP contribution in [-0.4, -0.2) is 151 Å². The number of ether oxygens (including phenoxy) is 7. The van der Waals surface area contributed by atoms with Crippen LogP contribution >= 0.6 is 0 Å². The van der Waals surface area contributed by atoms with Crippen LogP contribution in [0.3, 0.4) is 0 Å². The van der Waals surface area contributed by atoms with E-state index >= 15 is 13.2 Å². The summed E-state index contributed by atoms with van der Waals surface area (Å²) in [5.41, 5.74) is -8.44. The van der Waals surface area contributed by atoms with E-state index in [9.17, 15) is 56.3 Å². The lowest BCUT2D eigenvalue weighted by Gasteiger charge is -2.25. The smallest absolute Gasteiger partial charge is 0.435 e. The molecule has 0 bridgehead atoms. The molecule has 0 spiro atoms. The number of ketones is 4. The van der Waals surface area contributed by atoms with Crippen molar-refractivity contribution in [3.8, 4) is 11.5 Å². The number of hydrogen-bond acceptors (Lipinski definition) is 18. The van der Waals surface area contributed by atoms with Crippen LogP contribution in [0, 0.1) is 0 Å². The second-order valence-corrected chi connectivity index (χ2v) is 30.2. The Kier molecular flexibility index (Phi) is 28.7. The molecule has 0 radical (unpaired) electrons. The summed E-state index contributed by atoms with van der Waals surface area (Å²) in [6, 6.07) is 3.80. The molecule has 29 heteroatoms. The van der Waals surface area contributed by atoms with Crippen molar-refractivity contribution in [2.45, 2.75) is 266 Å². The summed E-state index contributed by atoms with van der Waals surface area (Å²) in [7, 11) is 0. The number of alkyl halides is 6. The summed E-state index contributed by atoms with van der Waals surface area (Å²) in [6.07, 6.45) is -15.3. The first-order chi connectivity index (χ1) is 46.5. The van der Waals surface area contributed by atoms with Crippen LogP contribution in [-0.2, 0) is 71.3 Å². The number of carbonyl (C=O) groups is 9. The Morgan fingerprint density at radius 3 is 1.20 bits per heavy atom. The predicted molar refractivity (Wildman–Crippen MR) is 361 cm³/mol. The molecule has 2 fully saturated rings. The van der Waals surface area contributed by atoms with Gasteiger partial charge in [0.05, 0.1) is 24.2 Å². The molecule has 2 saturated heterocycles. The normalized spacial score (nSPS) is 15.8. The van der Waals surface area contributed by atoms with Gasteiger partial charge < -0.3 is 43.0 Å². The Bertz CT molecular complexity index is 3550. The van der Waals surface area contributed by atoms with Gasteiger partial charge in [0.1, 0.15) is 86.8 Å². The molecule has 23 nitrogen and oxygen atoms in total. The third-order valence-electron chi connectivity index (χ3n) is 14.8. The molecule has 0 saturated carbocycles. The van der Waals surface area contributed by atoms with Crippen LogP contribution in [0.2, 0.25) is 0 Å². The van der Waals surface area contributed by atoms with E-state index in [2.05, 4.69) is 25.3 Å². The van der Waals surface area contributed by atoms with Gasteiger partial charge in [-0.3, -0.25) is 24.5 Å². The zero-order chi connectivity index (χ0) is 75.8. The van der Waals surface area contributed by atoms with E-state index in [1.165, 1.54) is 9.80 Å². The van der Waals surface area contributed by atoms with Crippen molar-refractivity contribution in [3.63, 3.8) is 0 Å². The van der Waals surface area contributed by atoms with Gasteiger partial charge in [0.2, 0.25) is 0 Å². The van der Waals surface area contributed by atoms with Crippen molar-refractivity contribution in [1.29, 1.82) is 0 Å². The van der Waals surface area contributed by atoms with Gasteiger partial charge in [0, 0.05) is 98.8 Å². The van der Waals surface area contributed by atoms with Crippen molar-refractivity contribution >= 4 is 65.1 Å². The number of benzene rings is 2. The zero-order valence-electron chi connectivity index (χ0n) is 60.7. The van der Waals surface area contributed by atoms with Gasteiger partial charge >= 0.3 is 42.8 Å². The maximum absolute atomic E-state index is 15.0. The summed E-state index contributed by atoms with van der Waals surface area (Å²) in [6.45, 7) is 26.6. The third kappa shape index (κ3) is 29.9. The number of likely N-dealkylation sites (tertiary alicyclic amines) is 2. The number of amidine groups is 1. The van der Waals surface area contributed by atoms with Crippen molar-refractivity contribution in [3.05, 3.63) is 81.4 Å². The zero-order valence-corrected chi connectivity index (χ0v) is 60.7. The molecule has 1 aromatic heterocycles. The molecule has 2 aromatic carbocycles. The molecular weight excluding hydrogens is 1330 g/mol. The Labute approximate surface area is 586 Å². The number of aliphatic imine (C=N–C) groups is 2. The number of alkyl carbamates (subject to hydrolysis) is 1. The third-order valence-corrected chi connectivity index (χ3v) is 14.8. The first kappa shape index (κ1) is 83.1. The van der Waals surface area contributed by atoms with E-state index in [1.807, 2.05) is 0 Å². The quantitative estimate of drug-likeness (QED) is 0.0195. The predicted octanol–water partition coefficient (Wildman–Crippen LogP) is 15.5. The minimum absolute atomic E-state index is 0.0244. The first-order valence-electron chi connectivity index (χ1n) is 33.7. The Morgan fingerprint density at radius 2 is 0.822 bits per heavy atom. The fraction of sp³-hybridized carbons (Fsp3) is 0.625. The highest BCUT2D eigenvalue weighted by atomic mass is 19.4. The summed E-state index contributed by atoms with van der Waals surface area (Å²) in [5.74, 6) is -3.53. The van der Waals surface area contributed by atoms with E-state index in [0.29, 0.717) is 49.9 Å². The van der Waals surface area contributed by atoms with Crippen molar-refractivity contribution < 1.29 is 103 Å². The summed E-state index contributed by atoms with van der Waals surface area (Å²) < 4.78 is 130. The highest BCUT2D eigenvalue weighted by Gasteiger charge is 2.39.